The number of amidine groups is 1. The minimum atomic E-state index is 0.133. The molecule has 4 heteroatoms. The Hall–Kier alpha value is -0.730. The van der Waals surface area contributed by atoms with E-state index in [1.807, 2.05) is 18.2 Å². The summed E-state index contributed by atoms with van der Waals surface area (Å²) in [5.41, 5.74) is 0.953. The van der Waals surface area contributed by atoms with Crippen molar-refractivity contribution < 1.29 is 0 Å². The Morgan fingerprint density at radius 3 is 2.53 bits per heavy atom. The zero-order valence-corrected chi connectivity index (χ0v) is 9.94. The minimum absolute atomic E-state index is 0.133. The number of benzene rings is 1. The monoisotopic (exact) mass is 242 g/mol. The van der Waals surface area contributed by atoms with E-state index < -0.39 is 0 Å². The van der Waals surface area contributed by atoms with Gasteiger partial charge in [0.05, 0.1) is 6.54 Å². The Bertz CT molecular complexity index is 381. The molecule has 1 aromatic carbocycles. The number of halogens is 2. The van der Waals surface area contributed by atoms with Crippen LogP contribution in [-0.2, 0) is 0 Å². The van der Waals surface area contributed by atoms with E-state index in [0.29, 0.717) is 10.0 Å². The molecule has 1 aliphatic heterocycles. The fraction of sp³-hybridized carbons (Fsp3) is 0.364. The quantitative estimate of drug-likeness (QED) is 0.847. The van der Waals surface area contributed by atoms with Crippen LogP contribution in [0.3, 0.4) is 0 Å². The van der Waals surface area contributed by atoms with Crippen molar-refractivity contribution in [2.24, 2.45) is 4.99 Å². The summed E-state index contributed by atoms with van der Waals surface area (Å²) in [6, 6.07) is 5.56. The molecule has 15 heavy (non-hydrogen) atoms. The molecule has 1 atom stereocenters. The molecular formula is C11H12Cl2N2. The highest BCUT2D eigenvalue weighted by Gasteiger charge is 2.20. The summed E-state index contributed by atoms with van der Waals surface area (Å²) in [5, 5.41) is 4.64. The van der Waals surface area contributed by atoms with Gasteiger partial charge in [0.25, 0.3) is 0 Å². The SMILES string of the molecule is CC(C1=NCCN1)c1c(Cl)cccc1Cl. The lowest BCUT2D eigenvalue weighted by molar-refractivity contribution is 0.919. The lowest BCUT2D eigenvalue weighted by Crippen LogP contribution is -2.24. The fourth-order valence-corrected chi connectivity index (χ4v) is 2.49. The molecule has 1 N–H and O–H groups in total. The highest BCUT2D eigenvalue weighted by Crippen LogP contribution is 2.32. The normalized spacial score (nSPS) is 17.1. The molecule has 2 rings (SSSR count). The van der Waals surface area contributed by atoms with Crippen molar-refractivity contribution in [1.29, 1.82) is 0 Å². The smallest absolute Gasteiger partial charge is 0.104 e. The van der Waals surface area contributed by atoms with Crippen LogP contribution in [0.4, 0.5) is 0 Å². The molecule has 1 aromatic rings. The predicted molar refractivity (Wildman–Crippen MR) is 65.2 cm³/mol. The molecule has 1 heterocycles. The summed E-state index contributed by atoms with van der Waals surface area (Å²) in [5.74, 6) is 1.11. The molecule has 0 aliphatic carbocycles. The van der Waals surface area contributed by atoms with Gasteiger partial charge in [-0.2, -0.15) is 0 Å². The second kappa shape index (κ2) is 4.42. The third kappa shape index (κ3) is 2.11. The van der Waals surface area contributed by atoms with Gasteiger partial charge in [-0.05, 0) is 17.7 Å². The highest BCUT2D eigenvalue weighted by molar-refractivity contribution is 6.36. The first kappa shape index (κ1) is 10.8. The van der Waals surface area contributed by atoms with Gasteiger partial charge in [-0.25, -0.2) is 0 Å². The van der Waals surface area contributed by atoms with Crippen LogP contribution in [0.25, 0.3) is 0 Å². The molecule has 0 spiro atoms. The molecule has 2 nitrogen and oxygen atoms in total. The van der Waals surface area contributed by atoms with Gasteiger partial charge in [-0.1, -0.05) is 36.2 Å². The van der Waals surface area contributed by atoms with Gasteiger partial charge in [-0.3, -0.25) is 4.99 Å². The molecule has 0 saturated carbocycles. The third-order valence-corrected chi connectivity index (χ3v) is 3.20. The Morgan fingerprint density at radius 2 is 2.00 bits per heavy atom. The van der Waals surface area contributed by atoms with Crippen LogP contribution in [0.15, 0.2) is 23.2 Å². The first-order valence-electron chi connectivity index (χ1n) is 4.92. The average Bonchev–Trinajstić information content (AvgIpc) is 2.69. The molecule has 0 radical (unpaired) electrons. The summed E-state index contributed by atoms with van der Waals surface area (Å²) in [7, 11) is 0. The maximum atomic E-state index is 6.14. The average molecular weight is 243 g/mol. The topological polar surface area (TPSA) is 24.4 Å². The summed E-state index contributed by atoms with van der Waals surface area (Å²) >= 11 is 12.3. The van der Waals surface area contributed by atoms with E-state index in [1.54, 1.807) is 0 Å². The molecule has 0 fully saturated rings. The molecule has 0 amide bonds. The zero-order chi connectivity index (χ0) is 10.8. The van der Waals surface area contributed by atoms with Gasteiger partial charge < -0.3 is 5.32 Å². The molecule has 1 aliphatic rings. The summed E-state index contributed by atoms with van der Waals surface area (Å²) in [6.07, 6.45) is 0. The number of hydrogen-bond acceptors (Lipinski definition) is 2. The summed E-state index contributed by atoms with van der Waals surface area (Å²) in [4.78, 5) is 4.38. The highest BCUT2D eigenvalue weighted by atomic mass is 35.5. The van der Waals surface area contributed by atoms with Crippen LogP contribution < -0.4 is 5.32 Å². The van der Waals surface area contributed by atoms with Crippen LogP contribution >= 0.6 is 23.2 Å². The van der Waals surface area contributed by atoms with E-state index in [2.05, 4.69) is 17.2 Å². The van der Waals surface area contributed by atoms with Gasteiger partial charge in [0.15, 0.2) is 0 Å². The third-order valence-electron chi connectivity index (χ3n) is 2.54. The first-order chi connectivity index (χ1) is 7.20. The minimum Gasteiger partial charge on any atom is -0.371 e. The van der Waals surface area contributed by atoms with Crippen molar-refractivity contribution in [2.75, 3.05) is 13.1 Å². The van der Waals surface area contributed by atoms with Gasteiger partial charge in [0, 0.05) is 22.5 Å². The molecular weight excluding hydrogens is 231 g/mol. The summed E-state index contributed by atoms with van der Waals surface area (Å²) < 4.78 is 0. The van der Waals surface area contributed by atoms with Crippen LogP contribution in [0.5, 0.6) is 0 Å². The van der Waals surface area contributed by atoms with Crippen molar-refractivity contribution in [3.05, 3.63) is 33.8 Å². The van der Waals surface area contributed by atoms with Crippen LogP contribution in [0.1, 0.15) is 18.4 Å². The molecule has 0 bridgehead atoms. The zero-order valence-electron chi connectivity index (χ0n) is 8.43. The molecule has 1 unspecified atom stereocenters. The van der Waals surface area contributed by atoms with Gasteiger partial charge in [-0.15, -0.1) is 0 Å². The number of nitrogens with one attached hydrogen (secondary N) is 1. The summed E-state index contributed by atoms with van der Waals surface area (Å²) in [6.45, 7) is 3.80. The number of rotatable bonds is 2. The Labute approximate surface area is 99.3 Å². The van der Waals surface area contributed by atoms with Gasteiger partial charge in [0.1, 0.15) is 5.84 Å². The molecule has 0 saturated heterocycles. The lowest BCUT2D eigenvalue weighted by atomic mass is 10.00. The first-order valence-corrected chi connectivity index (χ1v) is 5.68. The Morgan fingerprint density at radius 1 is 1.33 bits per heavy atom. The maximum Gasteiger partial charge on any atom is 0.104 e. The van der Waals surface area contributed by atoms with Gasteiger partial charge >= 0.3 is 0 Å². The van der Waals surface area contributed by atoms with Gasteiger partial charge in [0.2, 0.25) is 0 Å². The maximum absolute atomic E-state index is 6.14. The van der Waals surface area contributed by atoms with Crippen LogP contribution in [-0.4, -0.2) is 18.9 Å². The largest absolute Gasteiger partial charge is 0.371 e. The Balaban J connectivity index is 2.36. The van der Waals surface area contributed by atoms with Crippen molar-refractivity contribution in [3.63, 3.8) is 0 Å². The fourth-order valence-electron chi connectivity index (χ4n) is 1.77. The van der Waals surface area contributed by atoms with Crippen molar-refractivity contribution in [2.45, 2.75) is 12.8 Å². The van der Waals surface area contributed by atoms with E-state index in [9.17, 15) is 0 Å². The van der Waals surface area contributed by atoms with Crippen molar-refractivity contribution >= 4 is 29.0 Å². The second-order valence-electron chi connectivity index (χ2n) is 3.55. The number of nitrogens with zero attached hydrogens (tertiary/aromatic N) is 1. The number of aliphatic imine (C=N–C) groups is 1. The number of hydrogen-bond donors (Lipinski definition) is 1. The lowest BCUT2D eigenvalue weighted by Gasteiger charge is -2.15. The molecule has 80 valence electrons. The molecule has 0 aromatic heterocycles. The van der Waals surface area contributed by atoms with Crippen molar-refractivity contribution in [3.8, 4) is 0 Å². The van der Waals surface area contributed by atoms with E-state index in [1.165, 1.54) is 0 Å². The predicted octanol–water partition coefficient (Wildman–Crippen LogP) is 3.10. The van der Waals surface area contributed by atoms with Crippen molar-refractivity contribution in [1.82, 2.24) is 5.32 Å². The van der Waals surface area contributed by atoms with Crippen LogP contribution in [0.2, 0.25) is 10.0 Å². The second-order valence-corrected chi connectivity index (χ2v) is 4.37. The standard InChI is InChI=1S/C11H12Cl2N2/c1-7(11-14-5-6-15-11)10-8(12)3-2-4-9(10)13/h2-4,7H,5-6H2,1H3,(H,14,15). The van der Waals surface area contributed by atoms with E-state index >= 15 is 0 Å². The van der Waals surface area contributed by atoms with E-state index in [-0.39, 0.29) is 5.92 Å². The van der Waals surface area contributed by atoms with E-state index in [0.717, 1.165) is 24.5 Å². The Kier molecular flexibility index (Phi) is 3.17. The van der Waals surface area contributed by atoms with E-state index in [4.69, 9.17) is 23.2 Å². The van der Waals surface area contributed by atoms with Crippen LogP contribution in [0, 0.1) is 0 Å².